The van der Waals surface area contributed by atoms with Crippen molar-refractivity contribution in [1.29, 1.82) is 0 Å². The minimum absolute atomic E-state index is 0.123. The van der Waals surface area contributed by atoms with Crippen LogP contribution in [0.25, 0.3) is 10.9 Å². The Hall–Kier alpha value is -4.53. The Kier molecular flexibility index (Phi) is 9.81. The number of esters is 1. The summed E-state index contributed by atoms with van der Waals surface area (Å²) in [6.45, 7) is 11.4. The first-order valence-electron chi connectivity index (χ1n) is 15.8. The molecule has 1 aromatic heterocycles. The van der Waals surface area contributed by atoms with E-state index in [9.17, 15) is 29.4 Å². The Labute approximate surface area is 278 Å². The molecule has 3 amide bonds. The van der Waals surface area contributed by atoms with Gasteiger partial charge in [-0.15, -0.1) is 9.75 Å². The van der Waals surface area contributed by atoms with Crippen molar-refractivity contribution in [3.05, 3.63) is 59.8 Å². The second-order valence-corrected chi connectivity index (χ2v) is 14.0. The van der Waals surface area contributed by atoms with Crippen LogP contribution in [0, 0.1) is 5.92 Å². The van der Waals surface area contributed by atoms with E-state index in [1.54, 1.807) is 56.0 Å². The number of fused-ring (bicyclic) bond motifs is 2. The van der Waals surface area contributed by atoms with Gasteiger partial charge in [-0.05, 0) is 71.9 Å². The molecule has 3 aromatic rings. The monoisotopic (exact) mass is 667 g/mol. The minimum atomic E-state index is -1.46. The molecule has 1 fully saturated rings. The molecule has 1 unspecified atom stereocenters. The average molecular weight is 668 g/mol. The molecule has 0 spiro atoms. The summed E-state index contributed by atoms with van der Waals surface area (Å²) in [5.74, 6) is -1.69. The molecule has 5 rings (SSSR count). The number of amides is 3. The number of hydrogen-bond donors (Lipinski definition) is 2. The summed E-state index contributed by atoms with van der Waals surface area (Å²) in [5.41, 5.74) is -0.373. The van der Waals surface area contributed by atoms with Crippen LogP contribution < -0.4 is 9.42 Å². The van der Waals surface area contributed by atoms with Crippen molar-refractivity contribution in [1.82, 2.24) is 14.6 Å². The fourth-order valence-electron chi connectivity index (χ4n) is 5.44. The number of carbonyl (C=O) groups excluding carboxylic acids is 4. The summed E-state index contributed by atoms with van der Waals surface area (Å²) in [5, 5.41) is 21.2. The zero-order valence-electron chi connectivity index (χ0n) is 28.0. The van der Waals surface area contributed by atoms with Crippen LogP contribution in [0.2, 0.25) is 0 Å². The highest BCUT2D eigenvalue weighted by molar-refractivity contribution is 6.20. The number of nitrogens with zero attached hydrogens (tertiary/aromatic N) is 4. The number of carbonyl (C=O) groups is 4. The minimum Gasteiger partial charge on any atom is -0.490 e. The van der Waals surface area contributed by atoms with Gasteiger partial charge in [0.15, 0.2) is 6.54 Å². The first kappa shape index (κ1) is 34.8. The maximum absolute atomic E-state index is 13.2. The van der Waals surface area contributed by atoms with Gasteiger partial charge in [-0.25, -0.2) is 14.4 Å². The van der Waals surface area contributed by atoms with Crippen LogP contribution in [0.15, 0.2) is 48.7 Å². The molecule has 0 radical (unpaired) electrons. The smallest absolute Gasteiger partial charge is 0.410 e. The lowest BCUT2D eigenvalue weighted by Gasteiger charge is -2.38. The van der Waals surface area contributed by atoms with Gasteiger partial charge in [0.2, 0.25) is 12.3 Å². The number of likely N-dealkylation sites (tertiary alicyclic amines) is 1. The molecule has 48 heavy (non-hydrogen) atoms. The number of ether oxygens (including phenoxy) is 3. The van der Waals surface area contributed by atoms with Crippen LogP contribution in [-0.4, -0.2) is 98.4 Å². The van der Waals surface area contributed by atoms with E-state index < -0.39 is 47.8 Å². The van der Waals surface area contributed by atoms with E-state index in [2.05, 4.69) is 0 Å². The van der Waals surface area contributed by atoms with Gasteiger partial charge >= 0.3 is 12.1 Å². The molecule has 2 aliphatic rings. The van der Waals surface area contributed by atoms with Crippen molar-refractivity contribution in [2.24, 2.45) is 5.92 Å². The molecular weight excluding hydrogens is 624 g/mol. The van der Waals surface area contributed by atoms with E-state index in [0.29, 0.717) is 30.4 Å². The van der Waals surface area contributed by atoms with Gasteiger partial charge in [-0.3, -0.25) is 9.59 Å². The topological polar surface area (TPSA) is 161 Å². The van der Waals surface area contributed by atoms with E-state index in [0.717, 1.165) is 10.9 Å². The van der Waals surface area contributed by atoms with Crippen molar-refractivity contribution < 1.29 is 53.1 Å². The van der Waals surface area contributed by atoms with Gasteiger partial charge in [0.05, 0.1) is 29.0 Å². The first-order valence-corrected chi connectivity index (χ1v) is 15.8. The van der Waals surface area contributed by atoms with Crippen molar-refractivity contribution in [3.63, 3.8) is 0 Å². The highest BCUT2D eigenvalue weighted by Gasteiger charge is 2.41. The van der Waals surface area contributed by atoms with Crippen LogP contribution in [0.5, 0.6) is 5.75 Å². The molecule has 0 aliphatic carbocycles. The van der Waals surface area contributed by atoms with Gasteiger partial charge in [-0.2, -0.15) is 4.68 Å². The standard InChI is InChI=1S/C34H43N4O10/c1-33(2,3)46-31(43)28(48-38-29(41)25-9-7-8-10-26(25)30(38)42)20-45-24-11-12-27-22(13-24)17-36(37(27)18-23(40)19-39)16-21-14-35(15-21)32(44)47-34(4,5)6/h7-13,17,21,23,28,39-40H,14-16,18-20H2,1-6H3/q+1/t23?,28-/m0/s1. The zero-order valence-corrected chi connectivity index (χ0v) is 28.0. The van der Waals surface area contributed by atoms with Gasteiger partial charge in [-0.1, -0.05) is 12.1 Å². The molecule has 3 heterocycles. The summed E-state index contributed by atoms with van der Waals surface area (Å²) < 4.78 is 20.7. The zero-order chi connectivity index (χ0) is 35.0. The van der Waals surface area contributed by atoms with Crippen molar-refractivity contribution >= 4 is 34.8 Å². The lowest BCUT2D eigenvalue weighted by atomic mass is 10.0. The number of aromatic nitrogens is 2. The number of imide groups is 1. The van der Waals surface area contributed by atoms with Crippen molar-refractivity contribution in [2.75, 3.05) is 26.3 Å². The van der Waals surface area contributed by atoms with Gasteiger partial charge < -0.3 is 29.3 Å². The second kappa shape index (κ2) is 13.5. The number of aliphatic hydroxyl groups is 2. The Bertz CT molecular complexity index is 1660. The fourth-order valence-corrected chi connectivity index (χ4v) is 5.44. The highest BCUT2D eigenvalue weighted by atomic mass is 16.7. The number of rotatable bonds is 11. The predicted molar refractivity (Wildman–Crippen MR) is 170 cm³/mol. The van der Waals surface area contributed by atoms with Crippen LogP contribution in [0.1, 0.15) is 62.3 Å². The number of hydroxylamine groups is 2. The summed E-state index contributed by atoms with van der Waals surface area (Å²) in [7, 11) is 0. The van der Waals surface area contributed by atoms with Crippen molar-refractivity contribution in [2.45, 2.75) is 78.0 Å². The predicted octanol–water partition coefficient (Wildman–Crippen LogP) is 2.47. The Morgan fingerprint density at radius 2 is 1.58 bits per heavy atom. The van der Waals surface area contributed by atoms with E-state index in [1.807, 2.05) is 36.3 Å². The van der Waals surface area contributed by atoms with Crippen LogP contribution >= 0.6 is 0 Å². The largest absolute Gasteiger partial charge is 0.490 e. The summed E-state index contributed by atoms with van der Waals surface area (Å²) in [4.78, 5) is 58.7. The Morgan fingerprint density at radius 3 is 2.17 bits per heavy atom. The summed E-state index contributed by atoms with van der Waals surface area (Å²) in [6.07, 6.45) is -0.944. The molecule has 2 N–H and O–H groups in total. The Balaban J connectivity index is 1.32. The van der Waals surface area contributed by atoms with Crippen molar-refractivity contribution in [3.8, 4) is 5.75 Å². The molecule has 2 atom stereocenters. The molecule has 0 saturated carbocycles. The van der Waals surface area contributed by atoms with E-state index >= 15 is 0 Å². The molecule has 2 aromatic carbocycles. The third-order valence-electron chi connectivity index (χ3n) is 7.58. The third-order valence-corrected chi connectivity index (χ3v) is 7.58. The molecule has 1 saturated heterocycles. The highest BCUT2D eigenvalue weighted by Crippen LogP contribution is 2.26. The maximum atomic E-state index is 13.2. The molecule has 258 valence electrons. The summed E-state index contributed by atoms with van der Waals surface area (Å²) in [6, 6.07) is 11.5. The Morgan fingerprint density at radius 1 is 0.958 bits per heavy atom. The number of hydrogen-bond acceptors (Lipinski definition) is 10. The van der Waals surface area contributed by atoms with Crippen LogP contribution in [-0.2, 0) is 32.2 Å². The number of benzene rings is 2. The lowest BCUT2D eigenvalue weighted by Crippen LogP contribution is -2.58. The van der Waals surface area contributed by atoms with E-state index in [4.69, 9.17) is 19.0 Å². The molecule has 2 aliphatic heterocycles. The second-order valence-electron chi connectivity index (χ2n) is 14.0. The SMILES string of the molecule is CC(C)(C)OC(=O)[C@H](COc1ccc2c(c1)c[n+](CC1CN(C(=O)OC(C)(C)C)C1)n2CC(O)CO)ON1C(=O)c2ccccc2C1=O. The molecule has 14 heteroatoms. The van der Waals surface area contributed by atoms with Gasteiger partial charge in [0.25, 0.3) is 11.8 Å². The number of aliphatic hydroxyl groups excluding tert-OH is 2. The quantitative estimate of drug-likeness (QED) is 0.177. The van der Waals surface area contributed by atoms with E-state index in [1.165, 1.54) is 12.1 Å². The maximum Gasteiger partial charge on any atom is 0.410 e. The van der Waals surface area contributed by atoms with Crippen LogP contribution in [0.3, 0.4) is 0 Å². The first-order chi connectivity index (χ1) is 22.5. The molecule has 14 nitrogen and oxygen atoms in total. The molecule has 0 bridgehead atoms. The van der Waals surface area contributed by atoms with E-state index in [-0.39, 0.29) is 36.3 Å². The van der Waals surface area contributed by atoms with Gasteiger partial charge in [0, 0.05) is 13.1 Å². The lowest BCUT2D eigenvalue weighted by molar-refractivity contribution is -0.780. The normalized spacial score (nSPS) is 16.5. The van der Waals surface area contributed by atoms with Gasteiger partial charge in [0.1, 0.15) is 41.7 Å². The molecular formula is C34H43N4O10+. The average Bonchev–Trinajstić information content (AvgIpc) is 3.43. The fraction of sp³-hybridized carbons (Fsp3) is 0.500. The van der Waals surface area contributed by atoms with Crippen LogP contribution in [0.4, 0.5) is 4.79 Å². The third kappa shape index (κ3) is 7.94. The summed E-state index contributed by atoms with van der Waals surface area (Å²) >= 11 is 0.